The van der Waals surface area contributed by atoms with Gasteiger partial charge < -0.3 is 26.0 Å². The molecular formula is C35H35F8N9O3. The number of imidazole rings is 1. The van der Waals surface area contributed by atoms with Crippen LogP contribution in [-0.2, 0) is 17.8 Å². The molecule has 8 rings (SSSR count). The molecule has 0 unspecified atom stereocenters. The standard InChI is InChI=1S/C33H34F5N9O.C2HF3O2/c1-39-23-12-27(44-47-25(14-42-29(23)47)30(48)43-26-5-7-32(26,35)36)46-10-6-20-21(3-2-4-24(20)46)28-22(34)11-19(13-41-28)15-45-17-31(18-45)8-9-40-16-33(31,37)38;3-2(4,5)1(6)7/h2-4,11-14,26,39-40H,5-10,15-18H2,1H3,(H,43,48);(H,6,7)/t26-;/m1./s1. The van der Waals surface area contributed by atoms with E-state index in [0.29, 0.717) is 60.8 Å². The van der Waals surface area contributed by atoms with E-state index < -0.39 is 47.2 Å². The van der Waals surface area contributed by atoms with Gasteiger partial charge in [0, 0.05) is 63.2 Å². The van der Waals surface area contributed by atoms with Gasteiger partial charge in [-0.1, -0.05) is 12.1 Å². The number of nitrogens with zero attached hydrogens (tertiary/aromatic N) is 6. The number of anilines is 3. The summed E-state index contributed by atoms with van der Waals surface area (Å²) in [6.07, 6.45) is -1.25. The Kier molecular flexibility index (Phi) is 9.63. The Morgan fingerprint density at radius 2 is 1.82 bits per heavy atom. The number of nitrogens with one attached hydrogen (secondary N) is 3. The van der Waals surface area contributed by atoms with Gasteiger partial charge in [-0.25, -0.2) is 36.2 Å². The molecule has 1 saturated carbocycles. The number of halogens is 8. The van der Waals surface area contributed by atoms with Crippen LogP contribution >= 0.6 is 0 Å². The Hall–Kier alpha value is -5.11. The molecule has 1 amide bonds. The molecule has 4 N–H and O–H groups in total. The number of carbonyl (C=O) groups is 2. The summed E-state index contributed by atoms with van der Waals surface area (Å²) in [5.41, 5.74) is 3.08. The van der Waals surface area contributed by atoms with E-state index in [-0.39, 0.29) is 43.9 Å². The maximum Gasteiger partial charge on any atom is 0.490 e. The molecule has 6 heterocycles. The molecule has 20 heteroatoms. The highest BCUT2D eigenvalue weighted by molar-refractivity contribution is 5.94. The summed E-state index contributed by atoms with van der Waals surface area (Å²) >= 11 is 0. The molecule has 3 aliphatic heterocycles. The summed E-state index contributed by atoms with van der Waals surface area (Å²) < 4.78 is 106. The first-order valence-electron chi connectivity index (χ1n) is 17.3. The molecule has 1 aromatic carbocycles. The molecule has 1 atom stereocenters. The zero-order valence-electron chi connectivity index (χ0n) is 29.2. The number of carbonyl (C=O) groups excluding carboxylic acids is 1. The number of amides is 1. The van der Waals surface area contributed by atoms with E-state index in [1.165, 1.54) is 16.8 Å². The van der Waals surface area contributed by atoms with Gasteiger partial charge >= 0.3 is 12.1 Å². The van der Waals surface area contributed by atoms with Gasteiger partial charge in [-0.3, -0.25) is 14.7 Å². The molecule has 3 aromatic heterocycles. The van der Waals surface area contributed by atoms with Crippen molar-refractivity contribution < 1.29 is 49.8 Å². The van der Waals surface area contributed by atoms with E-state index in [0.717, 1.165) is 11.3 Å². The minimum Gasteiger partial charge on any atom is -0.475 e. The van der Waals surface area contributed by atoms with Crippen molar-refractivity contribution >= 4 is 34.7 Å². The van der Waals surface area contributed by atoms with E-state index in [1.54, 1.807) is 19.3 Å². The minimum absolute atomic E-state index is 0.0310. The van der Waals surface area contributed by atoms with Crippen molar-refractivity contribution in [2.45, 2.75) is 56.3 Å². The van der Waals surface area contributed by atoms with Crippen LogP contribution in [0.5, 0.6) is 0 Å². The molecule has 4 aromatic rings. The van der Waals surface area contributed by atoms with Crippen molar-refractivity contribution in [3.8, 4) is 11.3 Å². The maximum atomic E-state index is 15.7. The maximum absolute atomic E-state index is 15.7. The minimum atomic E-state index is -5.08. The molecular weight excluding hydrogens is 746 g/mol. The third kappa shape index (κ3) is 7.00. The number of benzene rings is 1. The second-order valence-electron chi connectivity index (χ2n) is 14.1. The number of carboxylic acid groups (broad SMARTS) is 1. The Labute approximate surface area is 307 Å². The Bertz CT molecular complexity index is 2140. The number of piperidine rings is 1. The first-order valence-corrected chi connectivity index (χ1v) is 17.3. The zero-order chi connectivity index (χ0) is 39.5. The quantitative estimate of drug-likeness (QED) is 0.184. The number of alkyl halides is 7. The Morgan fingerprint density at radius 1 is 1.07 bits per heavy atom. The molecule has 3 fully saturated rings. The topological polar surface area (TPSA) is 140 Å². The number of hydrogen-bond acceptors (Lipinski definition) is 9. The van der Waals surface area contributed by atoms with Crippen LogP contribution < -0.4 is 20.9 Å². The van der Waals surface area contributed by atoms with E-state index in [9.17, 15) is 35.5 Å². The summed E-state index contributed by atoms with van der Waals surface area (Å²) in [7, 11) is 1.71. The van der Waals surface area contributed by atoms with Crippen molar-refractivity contribution in [2.75, 3.05) is 50.0 Å². The summed E-state index contributed by atoms with van der Waals surface area (Å²) in [6, 6.07) is 7.52. The fraction of sp³-hybridized carbons (Fsp3) is 0.457. The average molecular weight is 782 g/mol. The number of carboxylic acids is 1. The number of aromatic nitrogens is 4. The van der Waals surface area contributed by atoms with Gasteiger partial charge in [0.25, 0.3) is 17.8 Å². The number of fused-ring (bicyclic) bond motifs is 2. The first kappa shape index (κ1) is 38.2. The predicted molar refractivity (Wildman–Crippen MR) is 182 cm³/mol. The molecule has 0 bridgehead atoms. The van der Waals surface area contributed by atoms with Crippen LogP contribution in [0.4, 0.5) is 52.3 Å². The van der Waals surface area contributed by atoms with E-state index >= 15 is 4.39 Å². The number of hydrogen-bond donors (Lipinski definition) is 4. The van der Waals surface area contributed by atoms with Crippen LogP contribution in [0, 0.1) is 11.2 Å². The molecule has 294 valence electrons. The van der Waals surface area contributed by atoms with Gasteiger partial charge in [-0.05, 0) is 49.1 Å². The summed E-state index contributed by atoms with van der Waals surface area (Å²) in [6.45, 7) is 1.65. The van der Waals surface area contributed by atoms with Gasteiger partial charge in [0.05, 0.1) is 29.9 Å². The number of likely N-dealkylation sites (tertiary alicyclic amines) is 1. The number of aliphatic carboxylic acids is 1. The van der Waals surface area contributed by atoms with Crippen LogP contribution in [0.3, 0.4) is 0 Å². The van der Waals surface area contributed by atoms with Gasteiger partial charge in [0.15, 0.2) is 17.2 Å². The van der Waals surface area contributed by atoms with Crippen molar-refractivity contribution in [1.29, 1.82) is 0 Å². The lowest BCUT2D eigenvalue weighted by molar-refractivity contribution is -0.205. The molecule has 4 aliphatic rings. The normalized spacial score (nSPS) is 20.9. The largest absolute Gasteiger partial charge is 0.490 e. The zero-order valence-corrected chi connectivity index (χ0v) is 29.2. The Balaban J connectivity index is 0.000000609. The van der Waals surface area contributed by atoms with E-state index in [2.05, 4.69) is 25.9 Å². The van der Waals surface area contributed by atoms with Gasteiger partial charge in [-0.2, -0.15) is 13.2 Å². The molecule has 55 heavy (non-hydrogen) atoms. The second kappa shape index (κ2) is 13.9. The number of pyridine rings is 1. The summed E-state index contributed by atoms with van der Waals surface area (Å²) in [5, 5.41) is 20.1. The van der Waals surface area contributed by atoms with Crippen molar-refractivity contribution in [2.24, 2.45) is 5.41 Å². The number of rotatable bonds is 7. The van der Waals surface area contributed by atoms with Gasteiger partial charge in [0.2, 0.25) is 0 Å². The highest BCUT2D eigenvalue weighted by Gasteiger charge is 2.60. The Morgan fingerprint density at radius 3 is 2.44 bits per heavy atom. The average Bonchev–Trinajstić information content (AvgIpc) is 3.75. The van der Waals surface area contributed by atoms with Crippen LogP contribution in [0.15, 0.2) is 42.7 Å². The lowest BCUT2D eigenvalue weighted by Gasteiger charge is -2.56. The van der Waals surface area contributed by atoms with Crippen LogP contribution in [0.2, 0.25) is 0 Å². The van der Waals surface area contributed by atoms with E-state index in [1.807, 2.05) is 28.0 Å². The van der Waals surface area contributed by atoms with Crippen molar-refractivity contribution in [3.63, 3.8) is 0 Å². The van der Waals surface area contributed by atoms with Gasteiger partial charge in [0.1, 0.15) is 11.5 Å². The van der Waals surface area contributed by atoms with Crippen LogP contribution in [-0.4, -0.2) is 105 Å². The third-order valence-corrected chi connectivity index (χ3v) is 10.6. The molecule has 0 radical (unpaired) electrons. The molecule has 1 spiro atoms. The SMILES string of the molecule is CNc1cc(N2CCc3c(-c4ncc(CN5CC6(CCNCC6(F)F)C5)cc4F)cccc32)nn2c(C(=O)N[C@@H]3CCC3(F)F)cnc12.O=C(O)C(F)(F)F. The lowest BCUT2D eigenvalue weighted by atomic mass is 9.69. The monoisotopic (exact) mass is 781 g/mol. The van der Waals surface area contributed by atoms with Crippen LogP contribution in [0.25, 0.3) is 16.9 Å². The van der Waals surface area contributed by atoms with E-state index in [4.69, 9.17) is 15.0 Å². The summed E-state index contributed by atoms with van der Waals surface area (Å²) in [4.78, 5) is 34.6. The lowest BCUT2D eigenvalue weighted by Crippen LogP contribution is -2.69. The molecule has 1 aliphatic carbocycles. The summed E-state index contributed by atoms with van der Waals surface area (Å²) in [5.74, 6) is -9.16. The highest BCUT2D eigenvalue weighted by Crippen LogP contribution is 2.49. The smallest absolute Gasteiger partial charge is 0.475 e. The second-order valence-corrected chi connectivity index (χ2v) is 14.1. The highest BCUT2D eigenvalue weighted by atomic mass is 19.4. The predicted octanol–water partition coefficient (Wildman–Crippen LogP) is 5.26. The molecule has 2 saturated heterocycles. The van der Waals surface area contributed by atoms with Crippen LogP contribution in [0.1, 0.15) is 40.9 Å². The third-order valence-electron chi connectivity index (χ3n) is 10.6. The fourth-order valence-electron chi connectivity index (χ4n) is 7.51. The fourth-order valence-corrected chi connectivity index (χ4v) is 7.51. The molecule has 12 nitrogen and oxygen atoms in total. The van der Waals surface area contributed by atoms with Crippen molar-refractivity contribution in [3.05, 3.63) is 65.4 Å². The van der Waals surface area contributed by atoms with Crippen molar-refractivity contribution in [1.82, 2.24) is 35.1 Å². The first-order chi connectivity index (χ1) is 25.9. The van der Waals surface area contributed by atoms with Gasteiger partial charge in [-0.15, -0.1) is 5.10 Å².